The molecule has 2 heterocycles. The molecule has 0 spiro atoms. The van der Waals surface area contributed by atoms with E-state index in [4.69, 9.17) is 0 Å². The van der Waals surface area contributed by atoms with Crippen LogP contribution in [0.15, 0.2) is 43.0 Å². The van der Waals surface area contributed by atoms with E-state index in [9.17, 15) is 4.79 Å². The fourth-order valence-electron chi connectivity index (χ4n) is 4.25. The monoisotopic (exact) mass is 321 g/mol. The number of likely N-dealkylation sites (tertiary alicyclic amines) is 1. The van der Waals surface area contributed by atoms with Crippen molar-refractivity contribution in [1.82, 2.24) is 14.9 Å². The third-order valence-corrected chi connectivity index (χ3v) is 5.58. The molecule has 2 atom stereocenters. The first kappa shape index (κ1) is 15.3. The summed E-state index contributed by atoms with van der Waals surface area (Å²) in [6, 6.07) is 7.84. The first-order valence-corrected chi connectivity index (χ1v) is 8.96. The molecular formula is C20H23N3O. The van der Waals surface area contributed by atoms with Crippen molar-refractivity contribution in [3.63, 3.8) is 0 Å². The highest BCUT2D eigenvalue weighted by molar-refractivity contribution is 5.95. The molecule has 1 aromatic carbocycles. The Morgan fingerprint density at radius 2 is 1.79 bits per heavy atom. The van der Waals surface area contributed by atoms with Crippen LogP contribution in [0.4, 0.5) is 0 Å². The summed E-state index contributed by atoms with van der Waals surface area (Å²) in [5.74, 6) is 1.72. The molecule has 1 aliphatic heterocycles. The lowest BCUT2D eigenvalue weighted by Crippen LogP contribution is -2.44. The van der Waals surface area contributed by atoms with Crippen molar-refractivity contribution in [2.75, 3.05) is 13.1 Å². The van der Waals surface area contributed by atoms with Gasteiger partial charge < -0.3 is 4.90 Å². The molecule has 4 heteroatoms. The Morgan fingerprint density at radius 1 is 1.00 bits per heavy atom. The molecule has 124 valence electrons. The van der Waals surface area contributed by atoms with Gasteiger partial charge in [0.15, 0.2) is 0 Å². The smallest absolute Gasteiger partial charge is 0.253 e. The minimum absolute atomic E-state index is 0.165. The number of piperidine rings is 1. The van der Waals surface area contributed by atoms with Gasteiger partial charge in [0.05, 0.1) is 0 Å². The summed E-state index contributed by atoms with van der Waals surface area (Å²) in [6.45, 7) is 1.83. The van der Waals surface area contributed by atoms with E-state index >= 15 is 0 Å². The Bertz CT molecular complexity index is 716. The van der Waals surface area contributed by atoms with Gasteiger partial charge in [-0.1, -0.05) is 31.4 Å². The minimum Gasteiger partial charge on any atom is -0.338 e. The van der Waals surface area contributed by atoms with E-state index < -0.39 is 0 Å². The van der Waals surface area contributed by atoms with Crippen LogP contribution in [0.3, 0.4) is 0 Å². The average molecular weight is 321 g/mol. The fraction of sp³-hybridized carbons (Fsp3) is 0.450. The van der Waals surface area contributed by atoms with Crippen LogP contribution in [0.5, 0.6) is 0 Å². The Balaban J connectivity index is 1.52. The van der Waals surface area contributed by atoms with E-state index in [0.29, 0.717) is 5.92 Å². The Morgan fingerprint density at radius 3 is 2.62 bits per heavy atom. The van der Waals surface area contributed by atoms with Crippen molar-refractivity contribution >= 4 is 5.91 Å². The normalized spacial score (nSPS) is 23.6. The number of amides is 1. The van der Waals surface area contributed by atoms with Crippen molar-refractivity contribution in [3.05, 3.63) is 48.5 Å². The number of benzene rings is 1. The van der Waals surface area contributed by atoms with Gasteiger partial charge in [0.2, 0.25) is 0 Å². The molecule has 4 rings (SSSR count). The van der Waals surface area contributed by atoms with Gasteiger partial charge in [-0.25, -0.2) is 9.97 Å². The zero-order valence-electron chi connectivity index (χ0n) is 13.9. The molecule has 1 aliphatic carbocycles. The van der Waals surface area contributed by atoms with E-state index in [1.54, 1.807) is 12.4 Å². The van der Waals surface area contributed by atoms with E-state index in [1.807, 2.05) is 24.3 Å². The number of hydrogen-bond acceptors (Lipinski definition) is 3. The molecule has 1 aromatic heterocycles. The number of hydrogen-bond donors (Lipinski definition) is 0. The minimum atomic E-state index is 0.165. The van der Waals surface area contributed by atoms with Gasteiger partial charge in [0.25, 0.3) is 5.91 Å². The summed E-state index contributed by atoms with van der Waals surface area (Å²) in [5.41, 5.74) is 2.71. The topological polar surface area (TPSA) is 46.1 Å². The molecule has 2 aromatic rings. The van der Waals surface area contributed by atoms with Crippen molar-refractivity contribution < 1.29 is 4.79 Å². The standard InChI is InChI=1S/C20H23N3O/c24-20(23-9-8-15-4-1-2-5-18(15)13-23)17-7-3-6-16(10-17)19-11-21-14-22-12-19/h3,6-7,10-12,14-15,18H,1-2,4-5,8-9,13H2/t15-,18-/m0/s1. The van der Waals surface area contributed by atoms with Crippen LogP contribution in [0.2, 0.25) is 0 Å². The quantitative estimate of drug-likeness (QED) is 0.845. The van der Waals surface area contributed by atoms with Gasteiger partial charge in [0.1, 0.15) is 6.33 Å². The predicted molar refractivity (Wildman–Crippen MR) is 93.4 cm³/mol. The van der Waals surface area contributed by atoms with Crippen molar-refractivity contribution in [3.8, 4) is 11.1 Å². The zero-order valence-corrected chi connectivity index (χ0v) is 13.9. The van der Waals surface area contributed by atoms with Crippen LogP contribution in [-0.4, -0.2) is 33.9 Å². The molecule has 4 nitrogen and oxygen atoms in total. The van der Waals surface area contributed by atoms with Gasteiger partial charge in [-0.3, -0.25) is 4.79 Å². The second-order valence-electron chi connectivity index (χ2n) is 7.05. The molecule has 2 fully saturated rings. The maximum atomic E-state index is 13.0. The van der Waals surface area contributed by atoms with Crippen molar-refractivity contribution in [2.45, 2.75) is 32.1 Å². The summed E-state index contributed by atoms with van der Waals surface area (Å²) in [6.07, 6.45) is 11.6. The lowest BCUT2D eigenvalue weighted by atomic mass is 9.75. The number of carbonyl (C=O) groups is 1. The van der Waals surface area contributed by atoms with Crippen LogP contribution in [0, 0.1) is 11.8 Å². The largest absolute Gasteiger partial charge is 0.338 e. The summed E-state index contributed by atoms with van der Waals surface area (Å²) in [4.78, 5) is 23.1. The average Bonchev–Trinajstić information content (AvgIpc) is 2.68. The molecule has 0 bridgehead atoms. The summed E-state index contributed by atoms with van der Waals surface area (Å²) in [5, 5.41) is 0. The van der Waals surface area contributed by atoms with Crippen LogP contribution >= 0.6 is 0 Å². The maximum absolute atomic E-state index is 13.0. The highest BCUT2D eigenvalue weighted by Crippen LogP contribution is 2.36. The molecule has 1 saturated heterocycles. The lowest BCUT2D eigenvalue weighted by molar-refractivity contribution is 0.0521. The maximum Gasteiger partial charge on any atom is 0.253 e. The van der Waals surface area contributed by atoms with Gasteiger partial charge in [-0.2, -0.15) is 0 Å². The first-order chi connectivity index (χ1) is 11.8. The Kier molecular flexibility index (Phi) is 4.28. The highest BCUT2D eigenvalue weighted by Gasteiger charge is 2.33. The fourth-order valence-corrected chi connectivity index (χ4v) is 4.25. The number of carbonyl (C=O) groups excluding carboxylic acids is 1. The molecule has 1 amide bonds. The lowest BCUT2D eigenvalue weighted by Gasteiger charge is -2.41. The third-order valence-electron chi connectivity index (χ3n) is 5.58. The molecule has 0 N–H and O–H groups in total. The van der Waals surface area contributed by atoms with E-state index in [2.05, 4.69) is 14.9 Å². The van der Waals surface area contributed by atoms with Crippen molar-refractivity contribution in [2.24, 2.45) is 11.8 Å². The molecule has 0 radical (unpaired) electrons. The summed E-state index contributed by atoms with van der Waals surface area (Å²) < 4.78 is 0. The number of fused-ring (bicyclic) bond motifs is 1. The molecular weight excluding hydrogens is 298 g/mol. The summed E-state index contributed by atoms with van der Waals surface area (Å²) in [7, 11) is 0. The second kappa shape index (κ2) is 6.71. The Labute approximate surface area is 142 Å². The number of nitrogens with zero attached hydrogens (tertiary/aromatic N) is 3. The number of rotatable bonds is 2. The van der Waals surface area contributed by atoms with E-state index in [-0.39, 0.29) is 5.91 Å². The van der Waals surface area contributed by atoms with E-state index in [1.165, 1.54) is 38.4 Å². The second-order valence-corrected chi connectivity index (χ2v) is 7.05. The SMILES string of the molecule is O=C(c1cccc(-c2cncnc2)c1)N1CC[C@@H]2CCCC[C@H]2C1. The van der Waals surface area contributed by atoms with Gasteiger partial charge >= 0.3 is 0 Å². The first-order valence-electron chi connectivity index (χ1n) is 8.96. The van der Waals surface area contributed by atoms with Crippen LogP contribution in [0.1, 0.15) is 42.5 Å². The number of aromatic nitrogens is 2. The molecule has 2 aliphatic rings. The van der Waals surface area contributed by atoms with Crippen LogP contribution in [-0.2, 0) is 0 Å². The third kappa shape index (κ3) is 3.05. The zero-order chi connectivity index (χ0) is 16.4. The molecule has 24 heavy (non-hydrogen) atoms. The van der Waals surface area contributed by atoms with E-state index in [0.717, 1.165) is 35.7 Å². The van der Waals surface area contributed by atoms with Crippen LogP contribution in [0.25, 0.3) is 11.1 Å². The molecule has 0 unspecified atom stereocenters. The van der Waals surface area contributed by atoms with Crippen molar-refractivity contribution in [1.29, 1.82) is 0 Å². The highest BCUT2D eigenvalue weighted by atomic mass is 16.2. The predicted octanol–water partition coefficient (Wildman–Crippen LogP) is 3.80. The van der Waals surface area contributed by atoms with Crippen LogP contribution < -0.4 is 0 Å². The van der Waals surface area contributed by atoms with Gasteiger partial charge in [0, 0.05) is 36.6 Å². The Hall–Kier alpha value is -2.23. The van der Waals surface area contributed by atoms with Gasteiger partial charge in [-0.15, -0.1) is 0 Å². The van der Waals surface area contributed by atoms with Gasteiger partial charge in [-0.05, 0) is 42.4 Å². The molecule has 1 saturated carbocycles. The summed E-state index contributed by atoms with van der Waals surface area (Å²) >= 11 is 0.